The summed E-state index contributed by atoms with van der Waals surface area (Å²) in [4.78, 5) is 16.6. The Morgan fingerprint density at radius 3 is 2.88 bits per heavy atom. The zero-order valence-electron chi connectivity index (χ0n) is 12.5. The van der Waals surface area contributed by atoms with Crippen molar-refractivity contribution in [3.05, 3.63) is 70.0 Å². The molecule has 0 aliphatic heterocycles. The molecule has 3 rings (SSSR count). The van der Waals surface area contributed by atoms with E-state index in [4.69, 9.17) is 16.3 Å². The maximum absolute atomic E-state index is 13.5. The lowest BCUT2D eigenvalue weighted by atomic mass is 10.2. The van der Waals surface area contributed by atoms with Crippen molar-refractivity contribution >= 4 is 22.5 Å². The quantitative estimate of drug-likeness (QED) is 0.770. The normalized spacial score (nSPS) is 12.3. The Kier molecular flexibility index (Phi) is 4.78. The van der Waals surface area contributed by atoms with Crippen LogP contribution in [0.3, 0.4) is 0 Å². The van der Waals surface area contributed by atoms with Crippen molar-refractivity contribution in [3.8, 4) is 5.75 Å². The molecule has 1 heterocycles. The fourth-order valence-corrected chi connectivity index (χ4v) is 2.46. The van der Waals surface area contributed by atoms with Gasteiger partial charge < -0.3 is 9.84 Å². The molecule has 1 N–H and O–H groups in total. The minimum Gasteiger partial charge on any atom is -0.488 e. The Labute approximate surface area is 141 Å². The molecule has 0 aliphatic rings. The maximum Gasteiger partial charge on any atom is 0.261 e. The van der Waals surface area contributed by atoms with Gasteiger partial charge in [0.25, 0.3) is 5.56 Å². The van der Waals surface area contributed by atoms with Gasteiger partial charge in [-0.05, 0) is 30.3 Å². The third-order valence-corrected chi connectivity index (χ3v) is 3.70. The minimum atomic E-state index is -0.999. The highest BCUT2D eigenvalue weighted by Crippen LogP contribution is 2.16. The molecule has 124 valence electrons. The number of rotatable bonds is 5. The second-order valence-corrected chi connectivity index (χ2v) is 5.70. The van der Waals surface area contributed by atoms with E-state index in [9.17, 15) is 14.3 Å². The van der Waals surface area contributed by atoms with Crippen LogP contribution in [0.4, 0.5) is 4.39 Å². The predicted molar refractivity (Wildman–Crippen MR) is 88.9 cm³/mol. The molecular formula is C17H14ClFN2O3. The average Bonchev–Trinajstić information content (AvgIpc) is 2.57. The first-order chi connectivity index (χ1) is 11.5. The molecule has 0 fully saturated rings. The number of para-hydroxylation sites is 1. The van der Waals surface area contributed by atoms with Crippen LogP contribution in [0.5, 0.6) is 5.75 Å². The monoisotopic (exact) mass is 348 g/mol. The van der Waals surface area contributed by atoms with Crippen molar-refractivity contribution in [3.63, 3.8) is 0 Å². The second-order valence-electron chi connectivity index (χ2n) is 5.26. The number of ether oxygens (including phenoxy) is 1. The number of hydrogen-bond acceptors (Lipinski definition) is 4. The van der Waals surface area contributed by atoms with Crippen LogP contribution in [0.1, 0.15) is 0 Å². The molecule has 0 spiro atoms. The number of hydrogen-bond donors (Lipinski definition) is 1. The van der Waals surface area contributed by atoms with Crippen molar-refractivity contribution < 1.29 is 14.2 Å². The highest BCUT2D eigenvalue weighted by Gasteiger charge is 2.11. The van der Waals surface area contributed by atoms with Gasteiger partial charge in [-0.15, -0.1) is 0 Å². The number of aliphatic hydroxyl groups is 1. The largest absolute Gasteiger partial charge is 0.488 e. The number of nitrogens with zero attached hydrogens (tertiary/aromatic N) is 2. The molecule has 0 bridgehead atoms. The number of aliphatic hydroxyl groups excluding tert-OH is 1. The van der Waals surface area contributed by atoms with Gasteiger partial charge in [-0.25, -0.2) is 9.37 Å². The molecule has 3 aromatic rings. The highest BCUT2D eigenvalue weighted by atomic mass is 35.5. The van der Waals surface area contributed by atoms with E-state index >= 15 is 0 Å². The highest BCUT2D eigenvalue weighted by molar-refractivity contribution is 6.31. The number of benzene rings is 2. The summed E-state index contributed by atoms with van der Waals surface area (Å²) in [6, 6.07) is 10.7. The summed E-state index contributed by atoms with van der Waals surface area (Å²) < 4.78 is 20.0. The molecule has 5 nitrogen and oxygen atoms in total. The van der Waals surface area contributed by atoms with Gasteiger partial charge in [-0.2, -0.15) is 0 Å². The Bertz CT molecular complexity index is 929. The maximum atomic E-state index is 13.5. The van der Waals surface area contributed by atoms with Crippen LogP contribution in [0.2, 0.25) is 5.02 Å². The lowest BCUT2D eigenvalue weighted by Gasteiger charge is -2.14. The van der Waals surface area contributed by atoms with E-state index in [1.807, 2.05) is 0 Å². The van der Waals surface area contributed by atoms with Crippen molar-refractivity contribution in [2.24, 2.45) is 0 Å². The average molecular weight is 349 g/mol. The SMILES string of the molecule is O=c1c2cc(Cl)ccc2ncn1CC(O)COc1ccccc1F. The fourth-order valence-electron chi connectivity index (χ4n) is 2.29. The van der Waals surface area contributed by atoms with Crippen LogP contribution in [-0.4, -0.2) is 27.4 Å². The van der Waals surface area contributed by atoms with E-state index in [1.54, 1.807) is 24.3 Å². The topological polar surface area (TPSA) is 64.4 Å². The van der Waals surface area contributed by atoms with Gasteiger partial charge in [0.1, 0.15) is 12.7 Å². The van der Waals surface area contributed by atoms with Gasteiger partial charge in [0, 0.05) is 5.02 Å². The molecule has 24 heavy (non-hydrogen) atoms. The number of fused-ring (bicyclic) bond motifs is 1. The zero-order chi connectivity index (χ0) is 17.1. The van der Waals surface area contributed by atoms with Gasteiger partial charge in [0.2, 0.25) is 0 Å². The van der Waals surface area contributed by atoms with E-state index in [2.05, 4.69) is 4.98 Å². The molecule has 0 saturated heterocycles. The first kappa shape index (κ1) is 16.4. The summed E-state index contributed by atoms with van der Waals surface area (Å²) in [5.74, 6) is -0.462. The van der Waals surface area contributed by atoms with Gasteiger partial charge >= 0.3 is 0 Å². The van der Waals surface area contributed by atoms with Gasteiger partial charge in [-0.3, -0.25) is 9.36 Å². The van der Waals surface area contributed by atoms with Crippen molar-refractivity contribution in [1.29, 1.82) is 0 Å². The predicted octanol–water partition coefficient (Wildman–Crippen LogP) is 2.63. The smallest absolute Gasteiger partial charge is 0.261 e. The van der Waals surface area contributed by atoms with Crippen LogP contribution in [0.25, 0.3) is 10.9 Å². The summed E-state index contributed by atoms with van der Waals surface area (Å²) in [6.45, 7) is -0.177. The first-order valence-electron chi connectivity index (χ1n) is 7.24. The first-order valence-corrected chi connectivity index (χ1v) is 7.62. The summed E-state index contributed by atoms with van der Waals surface area (Å²) in [5, 5.41) is 10.8. The van der Waals surface area contributed by atoms with E-state index in [0.717, 1.165) is 0 Å². The van der Waals surface area contributed by atoms with E-state index in [1.165, 1.54) is 29.1 Å². The van der Waals surface area contributed by atoms with Crippen LogP contribution in [0.15, 0.2) is 53.6 Å². The van der Waals surface area contributed by atoms with Crippen LogP contribution >= 0.6 is 11.6 Å². The lowest BCUT2D eigenvalue weighted by molar-refractivity contribution is 0.0895. The Morgan fingerprint density at radius 1 is 1.29 bits per heavy atom. The lowest BCUT2D eigenvalue weighted by Crippen LogP contribution is -2.30. The fraction of sp³-hybridized carbons (Fsp3) is 0.176. The molecule has 1 atom stereocenters. The molecule has 2 aromatic carbocycles. The summed E-state index contributed by atoms with van der Waals surface area (Å²) in [7, 11) is 0. The van der Waals surface area contributed by atoms with E-state index < -0.39 is 11.9 Å². The number of aromatic nitrogens is 2. The van der Waals surface area contributed by atoms with Crippen molar-refractivity contribution in [2.75, 3.05) is 6.61 Å². The second kappa shape index (κ2) is 6.98. The third-order valence-electron chi connectivity index (χ3n) is 3.46. The Morgan fingerprint density at radius 2 is 2.08 bits per heavy atom. The molecule has 1 aromatic heterocycles. The minimum absolute atomic E-state index is 0.0251. The molecule has 0 radical (unpaired) electrons. The summed E-state index contributed by atoms with van der Waals surface area (Å²) in [6.07, 6.45) is 0.353. The Hall–Kier alpha value is -2.44. The van der Waals surface area contributed by atoms with E-state index in [0.29, 0.717) is 15.9 Å². The standard InChI is InChI=1S/C17H14ClFN2O3/c18-11-5-6-15-13(7-11)17(23)21(10-20-15)8-12(22)9-24-16-4-2-1-3-14(16)19/h1-7,10,12,22H,8-9H2. The molecular weight excluding hydrogens is 335 g/mol. The molecule has 0 aliphatic carbocycles. The summed E-state index contributed by atoms with van der Waals surface area (Å²) >= 11 is 5.90. The van der Waals surface area contributed by atoms with Crippen molar-refractivity contribution in [2.45, 2.75) is 12.6 Å². The zero-order valence-corrected chi connectivity index (χ0v) is 13.3. The van der Waals surface area contributed by atoms with Crippen LogP contribution in [0, 0.1) is 5.82 Å². The molecule has 1 unspecified atom stereocenters. The van der Waals surface area contributed by atoms with E-state index in [-0.39, 0.29) is 24.5 Å². The van der Waals surface area contributed by atoms with Crippen molar-refractivity contribution in [1.82, 2.24) is 9.55 Å². The van der Waals surface area contributed by atoms with Gasteiger partial charge in [0.15, 0.2) is 11.6 Å². The molecule has 0 amide bonds. The number of halogens is 2. The van der Waals surface area contributed by atoms with Crippen LogP contribution < -0.4 is 10.3 Å². The molecule has 7 heteroatoms. The van der Waals surface area contributed by atoms with Crippen LogP contribution in [-0.2, 0) is 6.54 Å². The third kappa shape index (κ3) is 3.55. The van der Waals surface area contributed by atoms with Gasteiger partial charge in [-0.1, -0.05) is 23.7 Å². The Balaban J connectivity index is 1.73. The summed E-state index contributed by atoms with van der Waals surface area (Å²) in [5.41, 5.74) is 0.213. The molecule has 0 saturated carbocycles. The van der Waals surface area contributed by atoms with Gasteiger partial charge in [0.05, 0.1) is 23.8 Å².